The number of ketones is 1. The average molecular weight is 349 g/mol. The lowest BCUT2D eigenvalue weighted by molar-refractivity contribution is -0.170. The molecular weight excluding hydrogens is 312 g/mol. The fraction of sp³-hybridized carbons (Fsp3) is 0.955. The van der Waals surface area contributed by atoms with E-state index in [0.717, 1.165) is 32.1 Å². The molecule has 8 atom stereocenters. The molecule has 3 nitrogen and oxygen atoms in total. The standard InChI is InChI=1S/C22H36O3/c1-14-12-16(24)13-15-4-5-17-18-7-9-22(25,10-11-23)20(18,2)8-6-19(17)21(14,15)3/h14-15,17-19,23,25H,4-13H2,1-3H3/t14?,15?,17-,18-,19+,20-,21-,22?/m0/s1. The van der Waals surface area contributed by atoms with Crippen LogP contribution in [0.4, 0.5) is 0 Å². The molecule has 0 aliphatic heterocycles. The van der Waals surface area contributed by atoms with Crippen molar-refractivity contribution in [3.63, 3.8) is 0 Å². The molecule has 0 amide bonds. The van der Waals surface area contributed by atoms with Gasteiger partial charge in [-0.15, -0.1) is 0 Å². The van der Waals surface area contributed by atoms with Gasteiger partial charge in [0, 0.05) is 19.4 Å². The first-order valence-corrected chi connectivity index (χ1v) is 10.6. The van der Waals surface area contributed by atoms with E-state index in [2.05, 4.69) is 20.8 Å². The molecule has 0 aromatic heterocycles. The molecule has 4 rings (SSSR count). The Bertz CT molecular complexity index is 559. The minimum absolute atomic E-state index is 0.0339. The summed E-state index contributed by atoms with van der Waals surface area (Å²) in [6.45, 7) is 7.20. The maximum absolute atomic E-state index is 12.2. The van der Waals surface area contributed by atoms with E-state index in [1.165, 1.54) is 19.3 Å². The lowest BCUT2D eigenvalue weighted by Crippen LogP contribution is -2.58. The third-order valence-electron chi connectivity index (χ3n) is 9.88. The van der Waals surface area contributed by atoms with Crippen LogP contribution < -0.4 is 0 Å². The van der Waals surface area contributed by atoms with Crippen molar-refractivity contribution < 1.29 is 15.0 Å². The van der Waals surface area contributed by atoms with Gasteiger partial charge in [0.05, 0.1) is 5.60 Å². The van der Waals surface area contributed by atoms with Gasteiger partial charge in [-0.1, -0.05) is 20.8 Å². The number of carbonyl (C=O) groups is 1. The molecule has 4 fully saturated rings. The average Bonchev–Trinajstić information content (AvgIpc) is 2.81. The minimum Gasteiger partial charge on any atom is -0.396 e. The summed E-state index contributed by atoms with van der Waals surface area (Å²) in [7, 11) is 0. The van der Waals surface area contributed by atoms with Gasteiger partial charge < -0.3 is 10.2 Å². The summed E-state index contributed by atoms with van der Waals surface area (Å²) < 4.78 is 0. The predicted octanol–water partition coefficient (Wildman–Crippen LogP) is 3.96. The molecule has 142 valence electrons. The van der Waals surface area contributed by atoms with Crippen LogP contribution in [0.3, 0.4) is 0 Å². The molecule has 0 aromatic carbocycles. The zero-order valence-corrected chi connectivity index (χ0v) is 16.3. The highest BCUT2D eigenvalue weighted by Gasteiger charge is 2.65. The number of fused-ring (bicyclic) bond motifs is 5. The molecule has 0 spiro atoms. The van der Waals surface area contributed by atoms with Crippen LogP contribution in [0.15, 0.2) is 0 Å². The zero-order valence-electron chi connectivity index (χ0n) is 16.3. The van der Waals surface area contributed by atoms with Gasteiger partial charge in [-0.3, -0.25) is 4.79 Å². The van der Waals surface area contributed by atoms with Gasteiger partial charge in [0.25, 0.3) is 0 Å². The quantitative estimate of drug-likeness (QED) is 0.794. The van der Waals surface area contributed by atoms with Gasteiger partial charge >= 0.3 is 0 Å². The highest BCUT2D eigenvalue weighted by Crippen LogP contribution is 2.69. The number of aliphatic hydroxyl groups is 2. The molecule has 4 aliphatic carbocycles. The van der Waals surface area contributed by atoms with Gasteiger partial charge in [0.2, 0.25) is 0 Å². The monoisotopic (exact) mass is 348 g/mol. The van der Waals surface area contributed by atoms with Crippen molar-refractivity contribution in [2.45, 2.75) is 84.2 Å². The lowest BCUT2D eigenvalue weighted by atomic mass is 9.42. The molecule has 0 aromatic rings. The number of hydrogen-bond donors (Lipinski definition) is 2. The first-order valence-electron chi connectivity index (χ1n) is 10.6. The normalized spacial score (nSPS) is 55.4. The summed E-state index contributed by atoms with van der Waals surface area (Å²) >= 11 is 0. The molecule has 0 bridgehead atoms. The van der Waals surface area contributed by atoms with E-state index in [1.54, 1.807) is 0 Å². The molecule has 2 N–H and O–H groups in total. The first kappa shape index (κ1) is 18.0. The van der Waals surface area contributed by atoms with Crippen LogP contribution in [0.1, 0.15) is 78.6 Å². The van der Waals surface area contributed by atoms with Crippen molar-refractivity contribution in [3.8, 4) is 0 Å². The first-order chi connectivity index (χ1) is 11.8. The minimum atomic E-state index is -0.677. The Kier molecular flexibility index (Phi) is 4.16. The summed E-state index contributed by atoms with van der Waals surface area (Å²) in [5, 5.41) is 20.8. The Labute approximate surface area is 152 Å². The third-order valence-corrected chi connectivity index (χ3v) is 9.88. The Morgan fingerprint density at radius 2 is 1.76 bits per heavy atom. The van der Waals surface area contributed by atoms with Crippen molar-refractivity contribution in [1.82, 2.24) is 0 Å². The second kappa shape index (κ2) is 5.79. The van der Waals surface area contributed by atoms with Gasteiger partial charge in [0.1, 0.15) is 5.78 Å². The van der Waals surface area contributed by atoms with Gasteiger partial charge in [0.15, 0.2) is 0 Å². The molecule has 4 saturated carbocycles. The highest BCUT2D eigenvalue weighted by molar-refractivity contribution is 5.80. The van der Waals surface area contributed by atoms with Crippen LogP contribution in [0, 0.1) is 40.4 Å². The van der Waals surface area contributed by atoms with E-state index in [0.29, 0.717) is 47.2 Å². The SMILES string of the molecule is CC1CC(=O)CC2CC[C@@H]3[C@@H](CC[C@@]4(C)[C@H]3CCC4(O)CCO)[C@@]12C. The van der Waals surface area contributed by atoms with E-state index in [1.807, 2.05) is 0 Å². The predicted molar refractivity (Wildman–Crippen MR) is 97.9 cm³/mol. The van der Waals surface area contributed by atoms with Crippen LogP contribution in [-0.4, -0.2) is 28.2 Å². The molecule has 0 heterocycles. The molecule has 4 aliphatic rings. The van der Waals surface area contributed by atoms with Crippen molar-refractivity contribution in [1.29, 1.82) is 0 Å². The second-order valence-corrected chi connectivity index (χ2v) is 10.4. The summed E-state index contributed by atoms with van der Waals surface area (Å²) in [6, 6.07) is 0. The van der Waals surface area contributed by atoms with E-state index in [4.69, 9.17) is 0 Å². The molecule has 0 saturated heterocycles. The second-order valence-electron chi connectivity index (χ2n) is 10.4. The van der Waals surface area contributed by atoms with Crippen molar-refractivity contribution in [2.75, 3.05) is 6.61 Å². The Morgan fingerprint density at radius 1 is 1.04 bits per heavy atom. The molecular formula is C22H36O3. The van der Waals surface area contributed by atoms with Crippen LogP contribution in [0.5, 0.6) is 0 Å². The smallest absolute Gasteiger partial charge is 0.133 e. The maximum Gasteiger partial charge on any atom is 0.133 e. The molecule has 0 radical (unpaired) electrons. The molecule has 3 unspecified atom stereocenters. The summed E-state index contributed by atoms with van der Waals surface area (Å²) in [6.07, 6.45) is 8.78. The van der Waals surface area contributed by atoms with E-state index in [9.17, 15) is 15.0 Å². The van der Waals surface area contributed by atoms with Crippen LogP contribution >= 0.6 is 0 Å². The van der Waals surface area contributed by atoms with Crippen LogP contribution in [0.25, 0.3) is 0 Å². The molecule has 3 heteroatoms. The third kappa shape index (κ3) is 2.27. The maximum atomic E-state index is 12.2. The number of aliphatic hydroxyl groups excluding tert-OH is 1. The van der Waals surface area contributed by atoms with Crippen LogP contribution in [-0.2, 0) is 4.79 Å². The Hall–Kier alpha value is -0.410. The fourth-order valence-electron chi connectivity index (χ4n) is 8.18. The molecule has 25 heavy (non-hydrogen) atoms. The largest absolute Gasteiger partial charge is 0.396 e. The topological polar surface area (TPSA) is 57.5 Å². The van der Waals surface area contributed by atoms with E-state index < -0.39 is 5.60 Å². The van der Waals surface area contributed by atoms with Gasteiger partial charge in [-0.25, -0.2) is 0 Å². The Balaban J connectivity index is 1.65. The van der Waals surface area contributed by atoms with Crippen molar-refractivity contribution in [3.05, 3.63) is 0 Å². The number of hydrogen-bond acceptors (Lipinski definition) is 3. The summed E-state index contributed by atoms with van der Waals surface area (Å²) in [4.78, 5) is 12.2. The van der Waals surface area contributed by atoms with E-state index in [-0.39, 0.29) is 12.0 Å². The number of rotatable bonds is 2. The van der Waals surface area contributed by atoms with Crippen LogP contribution in [0.2, 0.25) is 0 Å². The summed E-state index contributed by atoms with van der Waals surface area (Å²) in [5.74, 6) is 3.55. The van der Waals surface area contributed by atoms with Crippen molar-refractivity contribution >= 4 is 5.78 Å². The lowest BCUT2D eigenvalue weighted by Gasteiger charge is -2.62. The number of carbonyl (C=O) groups excluding carboxylic acids is 1. The van der Waals surface area contributed by atoms with Gasteiger partial charge in [-0.05, 0) is 85.4 Å². The zero-order chi connectivity index (χ0) is 18.0. The van der Waals surface area contributed by atoms with E-state index >= 15 is 0 Å². The highest BCUT2D eigenvalue weighted by atomic mass is 16.3. The van der Waals surface area contributed by atoms with Crippen molar-refractivity contribution in [2.24, 2.45) is 40.4 Å². The van der Waals surface area contributed by atoms with Gasteiger partial charge in [-0.2, -0.15) is 0 Å². The Morgan fingerprint density at radius 3 is 2.48 bits per heavy atom. The number of Topliss-reactive ketones (excluding diaryl/α,β-unsaturated/α-hetero) is 1. The fourth-order valence-corrected chi connectivity index (χ4v) is 8.18. The summed E-state index contributed by atoms with van der Waals surface area (Å²) in [5.41, 5.74) is -0.410.